The van der Waals surface area contributed by atoms with Crippen LogP contribution in [-0.2, 0) is 12.8 Å². The van der Waals surface area contributed by atoms with Gasteiger partial charge in [-0.3, -0.25) is 15.0 Å². The number of hydrogen-bond donors (Lipinski definition) is 3. The summed E-state index contributed by atoms with van der Waals surface area (Å²) >= 11 is 0. The average Bonchev–Trinajstić information content (AvgIpc) is 3.49. The van der Waals surface area contributed by atoms with Gasteiger partial charge in [0.2, 0.25) is 0 Å². The average molecular weight is 475 g/mol. The number of aldehydes is 1. The van der Waals surface area contributed by atoms with E-state index in [0.29, 0.717) is 53.4 Å². The number of carbonyl (C=O) groups excluding carboxylic acids is 2. The molecule has 9 heteroatoms. The number of urea groups is 1. The third-order valence-electron chi connectivity index (χ3n) is 7.89. The number of carbonyl (C=O) groups is 2. The van der Waals surface area contributed by atoms with Gasteiger partial charge in [0.15, 0.2) is 6.29 Å². The van der Waals surface area contributed by atoms with Crippen LogP contribution < -0.4 is 15.5 Å². The van der Waals surface area contributed by atoms with Crippen molar-refractivity contribution in [2.45, 2.75) is 51.5 Å². The molecule has 3 heterocycles. The van der Waals surface area contributed by atoms with Crippen LogP contribution in [0.4, 0.5) is 22.1 Å². The highest BCUT2D eigenvalue weighted by Crippen LogP contribution is 2.49. The van der Waals surface area contributed by atoms with Crippen LogP contribution in [0.2, 0.25) is 0 Å². The molecule has 3 aliphatic rings. The second-order valence-electron chi connectivity index (χ2n) is 9.75. The maximum absolute atomic E-state index is 13.2. The van der Waals surface area contributed by atoms with Gasteiger partial charge < -0.3 is 10.4 Å². The fraction of sp³-hybridized carbons (Fsp3) is 0.500. The number of nitrogens with one attached hydrogen (secondary N) is 2. The van der Waals surface area contributed by atoms with E-state index in [4.69, 9.17) is 0 Å². The fourth-order valence-electron chi connectivity index (χ4n) is 6.13. The van der Waals surface area contributed by atoms with Crippen molar-refractivity contribution >= 4 is 29.6 Å². The molecule has 2 fully saturated rings. The molecular weight excluding hydrogens is 444 g/mol. The molecule has 2 saturated carbocycles. The monoisotopic (exact) mass is 474 g/mol. The molecule has 0 saturated heterocycles. The van der Waals surface area contributed by atoms with Crippen molar-refractivity contribution < 1.29 is 14.7 Å². The lowest BCUT2D eigenvalue weighted by molar-refractivity contribution is 0.111. The van der Waals surface area contributed by atoms with Crippen molar-refractivity contribution in [3.05, 3.63) is 40.7 Å². The number of aliphatic hydroxyl groups is 1. The SMILES string of the molecule is CCc1cc2c(nc1C=O)N(C(=O)Nc1cc(N[C@H]3[C@@H]4CC[C@@H](C4)[C@H]3CO)c(C#N)cn1)CCC2. The maximum atomic E-state index is 13.2. The molecule has 9 nitrogen and oxygen atoms in total. The number of aromatic nitrogens is 2. The third-order valence-corrected chi connectivity index (χ3v) is 7.89. The zero-order valence-corrected chi connectivity index (χ0v) is 19.8. The lowest BCUT2D eigenvalue weighted by Gasteiger charge is -2.31. The highest BCUT2D eigenvalue weighted by atomic mass is 16.3. The second kappa shape index (κ2) is 9.62. The summed E-state index contributed by atoms with van der Waals surface area (Å²) in [4.78, 5) is 35.1. The van der Waals surface area contributed by atoms with Gasteiger partial charge in [0.25, 0.3) is 0 Å². The van der Waals surface area contributed by atoms with Crippen LogP contribution in [0.5, 0.6) is 0 Å². The van der Waals surface area contributed by atoms with Crippen molar-refractivity contribution in [3.63, 3.8) is 0 Å². The van der Waals surface area contributed by atoms with E-state index in [1.54, 1.807) is 11.0 Å². The molecule has 2 aromatic rings. The molecule has 182 valence electrons. The Morgan fingerprint density at radius 1 is 1.34 bits per heavy atom. The molecule has 2 amide bonds. The summed E-state index contributed by atoms with van der Waals surface area (Å²) in [5.41, 5.74) is 3.21. The number of hydrogen-bond acceptors (Lipinski definition) is 7. The van der Waals surface area contributed by atoms with E-state index >= 15 is 0 Å². The minimum atomic E-state index is -0.379. The van der Waals surface area contributed by atoms with Crippen LogP contribution >= 0.6 is 0 Å². The van der Waals surface area contributed by atoms with Crippen LogP contribution in [0.3, 0.4) is 0 Å². The van der Waals surface area contributed by atoms with Crippen molar-refractivity contribution in [2.24, 2.45) is 17.8 Å². The molecule has 5 rings (SSSR count). The van der Waals surface area contributed by atoms with Gasteiger partial charge >= 0.3 is 6.03 Å². The first kappa shape index (κ1) is 23.2. The predicted octanol–water partition coefficient (Wildman–Crippen LogP) is 3.53. The number of fused-ring (bicyclic) bond motifs is 3. The number of pyridine rings is 2. The smallest absolute Gasteiger partial charge is 0.328 e. The van der Waals surface area contributed by atoms with Crippen LogP contribution in [-0.4, -0.2) is 46.6 Å². The summed E-state index contributed by atoms with van der Waals surface area (Å²) in [7, 11) is 0. The number of rotatable bonds is 6. The first-order valence-corrected chi connectivity index (χ1v) is 12.4. The van der Waals surface area contributed by atoms with E-state index in [2.05, 4.69) is 26.7 Å². The van der Waals surface area contributed by atoms with E-state index in [0.717, 1.165) is 49.5 Å². The zero-order chi connectivity index (χ0) is 24.5. The number of nitrogens with zero attached hydrogens (tertiary/aromatic N) is 4. The molecule has 3 N–H and O–H groups in total. The van der Waals surface area contributed by atoms with Gasteiger partial charge in [0.05, 0.1) is 11.3 Å². The van der Waals surface area contributed by atoms with Crippen LogP contribution in [0, 0.1) is 29.1 Å². The first-order chi connectivity index (χ1) is 17.1. The standard InChI is InChI=1S/C26H30N6O3/c1-2-15-8-18-4-3-7-32(25(18)30-22(15)14-34)26(35)31-23-10-21(19(11-27)12-28-23)29-24-17-6-5-16(9-17)20(24)13-33/h8,10,12,14,16-17,20,24,33H,2-7,9,13H2,1H3,(H2,28,29,31,35)/t16-,17+,20+,24-/m0/s1. The Morgan fingerprint density at radius 2 is 2.17 bits per heavy atom. The van der Waals surface area contributed by atoms with Gasteiger partial charge in [0, 0.05) is 37.4 Å². The van der Waals surface area contributed by atoms with Crippen LogP contribution in [0.25, 0.3) is 0 Å². The second-order valence-corrected chi connectivity index (χ2v) is 9.75. The van der Waals surface area contributed by atoms with Crippen molar-refractivity contribution in [3.8, 4) is 6.07 Å². The van der Waals surface area contributed by atoms with Gasteiger partial charge in [-0.1, -0.05) is 6.92 Å². The molecular formula is C26H30N6O3. The third kappa shape index (κ3) is 4.23. The summed E-state index contributed by atoms with van der Waals surface area (Å²) in [5.74, 6) is 2.00. The summed E-state index contributed by atoms with van der Waals surface area (Å²) in [6.45, 7) is 2.59. The van der Waals surface area contributed by atoms with Gasteiger partial charge in [0.1, 0.15) is 23.4 Å². The van der Waals surface area contributed by atoms with E-state index in [1.807, 2.05) is 13.0 Å². The number of aliphatic hydroxyl groups excluding tert-OH is 1. The number of amides is 2. The summed E-state index contributed by atoms with van der Waals surface area (Å²) in [6.07, 6.45) is 7.86. The van der Waals surface area contributed by atoms with E-state index < -0.39 is 0 Å². The Bertz CT molecular complexity index is 1190. The molecule has 2 aromatic heterocycles. The lowest BCUT2D eigenvalue weighted by atomic mass is 9.85. The van der Waals surface area contributed by atoms with E-state index in [1.165, 1.54) is 6.20 Å². The molecule has 1 aliphatic heterocycles. The molecule has 2 bridgehead atoms. The minimum Gasteiger partial charge on any atom is -0.396 e. The van der Waals surface area contributed by atoms with Crippen LogP contribution in [0.15, 0.2) is 18.3 Å². The molecule has 0 radical (unpaired) electrons. The lowest BCUT2D eigenvalue weighted by Crippen LogP contribution is -2.40. The summed E-state index contributed by atoms with van der Waals surface area (Å²) in [6, 6.07) is 5.55. The summed E-state index contributed by atoms with van der Waals surface area (Å²) < 4.78 is 0. The normalized spacial score (nSPS) is 24.5. The molecule has 2 aliphatic carbocycles. The van der Waals surface area contributed by atoms with Gasteiger partial charge in [-0.2, -0.15) is 5.26 Å². The molecule has 35 heavy (non-hydrogen) atoms. The van der Waals surface area contributed by atoms with Gasteiger partial charge in [-0.25, -0.2) is 14.8 Å². The minimum absolute atomic E-state index is 0.101. The molecule has 0 spiro atoms. The largest absolute Gasteiger partial charge is 0.396 e. The molecule has 4 atom stereocenters. The van der Waals surface area contributed by atoms with Gasteiger partial charge in [-0.05, 0) is 67.6 Å². The van der Waals surface area contributed by atoms with E-state index in [-0.39, 0.29) is 24.6 Å². The Balaban J connectivity index is 1.37. The fourth-order valence-corrected chi connectivity index (χ4v) is 6.13. The highest BCUT2D eigenvalue weighted by molar-refractivity contribution is 6.01. The van der Waals surface area contributed by atoms with Crippen LogP contribution in [0.1, 0.15) is 59.8 Å². The quantitative estimate of drug-likeness (QED) is 0.546. The zero-order valence-electron chi connectivity index (χ0n) is 19.8. The number of nitriles is 1. The predicted molar refractivity (Wildman–Crippen MR) is 131 cm³/mol. The Morgan fingerprint density at radius 3 is 2.91 bits per heavy atom. The molecule has 0 unspecified atom stereocenters. The van der Waals surface area contributed by atoms with Crippen molar-refractivity contribution in [2.75, 3.05) is 28.7 Å². The Hall–Kier alpha value is -3.51. The summed E-state index contributed by atoms with van der Waals surface area (Å²) in [5, 5.41) is 25.9. The topological polar surface area (TPSA) is 131 Å². The Labute approximate surface area is 204 Å². The van der Waals surface area contributed by atoms with Gasteiger partial charge in [-0.15, -0.1) is 0 Å². The van der Waals surface area contributed by atoms with Crippen molar-refractivity contribution in [1.29, 1.82) is 5.26 Å². The maximum Gasteiger partial charge on any atom is 0.328 e. The van der Waals surface area contributed by atoms with Crippen molar-refractivity contribution in [1.82, 2.24) is 9.97 Å². The first-order valence-electron chi connectivity index (χ1n) is 12.4. The highest BCUT2D eigenvalue weighted by Gasteiger charge is 2.47. The number of aryl methyl sites for hydroxylation is 2. The molecule has 0 aromatic carbocycles. The Kier molecular flexibility index (Phi) is 6.39. The van der Waals surface area contributed by atoms with E-state index in [9.17, 15) is 20.0 Å². The number of anilines is 3.